The molecule has 1 aliphatic rings. The van der Waals surface area contributed by atoms with E-state index in [1.807, 2.05) is 6.92 Å². The number of rotatable bonds is 17. The minimum Gasteiger partial charge on any atom is -0.340 e. The smallest absolute Gasteiger partial charge is 0.124 e. The van der Waals surface area contributed by atoms with E-state index in [1.165, 1.54) is 96.3 Å². The van der Waals surface area contributed by atoms with Crippen molar-refractivity contribution in [3.05, 3.63) is 12.2 Å². The van der Waals surface area contributed by atoms with Crippen molar-refractivity contribution in [3.8, 4) is 0 Å². The third-order valence-corrected chi connectivity index (χ3v) is 5.39. The maximum absolute atomic E-state index is 5.96. The molecule has 0 bridgehead atoms. The monoisotopic (exact) mass is 363 g/mol. The molecular formula is C23H45N3. The standard InChI is InChI=1S/C23H45N3/c1-3-4-5-6-7-8-9-10-11-12-13-14-15-16-17-18-19-23-25-20-21-26(23)22(2)24/h18-19,22H,3-17,20-21,24H2,1-2H3/b19-18+. The first-order valence-electron chi connectivity index (χ1n) is 11.5. The lowest BCUT2D eigenvalue weighted by Crippen LogP contribution is -2.41. The summed E-state index contributed by atoms with van der Waals surface area (Å²) in [4.78, 5) is 6.70. The summed E-state index contributed by atoms with van der Waals surface area (Å²) < 4.78 is 0. The van der Waals surface area contributed by atoms with Crippen LogP contribution in [0, 0.1) is 0 Å². The van der Waals surface area contributed by atoms with Gasteiger partial charge in [0.2, 0.25) is 0 Å². The molecule has 2 N–H and O–H groups in total. The van der Waals surface area contributed by atoms with Crippen LogP contribution in [0.2, 0.25) is 0 Å². The van der Waals surface area contributed by atoms with Crippen LogP contribution in [0.1, 0.15) is 110 Å². The van der Waals surface area contributed by atoms with Crippen molar-refractivity contribution >= 4 is 5.84 Å². The largest absolute Gasteiger partial charge is 0.340 e. The molecule has 0 radical (unpaired) electrons. The van der Waals surface area contributed by atoms with Crippen molar-refractivity contribution in [1.29, 1.82) is 0 Å². The molecule has 0 saturated carbocycles. The van der Waals surface area contributed by atoms with E-state index in [-0.39, 0.29) is 6.17 Å². The van der Waals surface area contributed by atoms with Gasteiger partial charge >= 0.3 is 0 Å². The van der Waals surface area contributed by atoms with E-state index in [2.05, 4.69) is 29.0 Å². The lowest BCUT2D eigenvalue weighted by molar-refractivity contribution is 0.367. The number of hydrogen-bond acceptors (Lipinski definition) is 3. The summed E-state index contributed by atoms with van der Waals surface area (Å²) in [6.45, 7) is 6.18. The number of nitrogens with zero attached hydrogens (tertiary/aromatic N) is 2. The molecule has 3 nitrogen and oxygen atoms in total. The number of allylic oxidation sites excluding steroid dienone is 1. The molecule has 1 rings (SSSR count). The molecule has 0 saturated heterocycles. The van der Waals surface area contributed by atoms with Gasteiger partial charge in [-0.3, -0.25) is 4.99 Å². The molecule has 1 atom stereocenters. The van der Waals surface area contributed by atoms with Crippen molar-refractivity contribution < 1.29 is 0 Å². The van der Waals surface area contributed by atoms with Crippen LogP contribution in [0.3, 0.4) is 0 Å². The van der Waals surface area contributed by atoms with E-state index in [4.69, 9.17) is 5.73 Å². The van der Waals surface area contributed by atoms with Gasteiger partial charge in [0, 0.05) is 6.54 Å². The highest BCUT2D eigenvalue weighted by molar-refractivity contribution is 5.94. The Kier molecular flexibility index (Phi) is 14.6. The Morgan fingerprint density at radius 3 is 1.88 bits per heavy atom. The van der Waals surface area contributed by atoms with Crippen LogP contribution in [0.15, 0.2) is 17.1 Å². The normalized spacial score (nSPS) is 15.8. The molecule has 26 heavy (non-hydrogen) atoms. The number of aliphatic imine (C=N–C) groups is 1. The van der Waals surface area contributed by atoms with E-state index in [0.29, 0.717) is 0 Å². The van der Waals surface area contributed by atoms with E-state index in [9.17, 15) is 0 Å². The molecule has 0 fully saturated rings. The van der Waals surface area contributed by atoms with Crippen LogP contribution < -0.4 is 5.73 Å². The zero-order valence-corrected chi connectivity index (χ0v) is 17.7. The third-order valence-electron chi connectivity index (χ3n) is 5.39. The Labute approximate surface area is 163 Å². The van der Waals surface area contributed by atoms with E-state index >= 15 is 0 Å². The Morgan fingerprint density at radius 2 is 1.38 bits per heavy atom. The number of nitrogens with two attached hydrogens (primary N) is 1. The van der Waals surface area contributed by atoms with Crippen LogP contribution in [0.5, 0.6) is 0 Å². The van der Waals surface area contributed by atoms with Gasteiger partial charge in [0.25, 0.3) is 0 Å². The topological polar surface area (TPSA) is 41.6 Å². The van der Waals surface area contributed by atoms with Crippen molar-refractivity contribution in [2.45, 2.75) is 116 Å². The van der Waals surface area contributed by atoms with Crippen molar-refractivity contribution in [2.75, 3.05) is 13.1 Å². The van der Waals surface area contributed by atoms with Gasteiger partial charge in [-0.05, 0) is 25.8 Å². The number of amidine groups is 1. The first-order chi connectivity index (χ1) is 12.8. The van der Waals surface area contributed by atoms with E-state index in [0.717, 1.165) is 18.9 Å². The molecular weight excluding hydrogens is 318 g/mol. The Hall–Kier alpha value is -0.830. The Balaban J connectivity index is 1.82. The average molecular weight is 364 g/mol. The van der Waals surface area contributed by atoms with Crippen LogP contribution in [0.25, 0.3) is 0 Å². The molecule has 3 heteroatoms. The lowest BCUT2D eigenvalue weighted by Gasteiger charge is -2.22. The summed E-state index contributed by atoms with van der Waals surface area (Å²) in [5.74, 6) is 1.07. The van der Waals surface area contributed by atoms with Gasteiger partial charge in [-0.25, -0.2) is 0 Å². The van der Waals surface area contributed by atoms with Crippen LogP contribution >= 0.6 is 0 Å². The first kappa shape index (κ1) is 23.2. The molecule has 0 spiro atoms. The minimum absolute atomic E-state index is 0.0713. The fourth-order valence-electron chi connectivity index (χ4n) is 3.68. The van der Waals surface area contributed by atoms with Gasteiger partial charge in [-0.15, -0.1) is 0 Å². The van der Waals surface area contributed by atoms with Gasteiger partial charge in [0.1, 0.15) is 5.84 Å². The molecule has 152 valence electrons. The molecule has 0 aromatic carbocycles. The maximum atomic E-state index is 5.96. The zero-order valence-electron chi connectivity index (χ0n) is 17.7. The molecule has 0 aliphatic carbocycles. The second-order valence-electron chi connectivity index (χ2n) is 7.96. The molecule has 1 heterocycles. The van der Waals surface area contributed by atoms with Crippen molar-refractivity contribution in [2.24, 2.45) is 10.7 Å². The fraction of sp³-hybridized carbons (Fsp3) is 0.870. The van der Waals surface area contributed by atoms with E-state index in [1.54, 1.807) is 0 Å². The van der Waals surface area contributed by atoms with Crippen LogP contribution in [-0.4, -0.2) is 30.0 Å². The Morgan fingerprint density at radius 1 is 0.885 bits per heavy atom. The zero-order chi connectivity index (χ0) is 18.9. The SMILES string of the molecule is CCCCCCCCCCCCCCCC/C=C/C1=NCCN1C(C)N. The molecule has 1 unspecified atom stereocenters. The minimum atomic E-state index is 0.0713. The third kappa shape index (κ3) is 11.7. The van der Waals surface area contributed by atoms with Gasteiger partial charge in [0.05, 0.1) is 12.7 Å². The molecule has 0 aromatic heterocycles. The van der Waals surface area contributed by atoms with Crippen molar-refractivity contribution in [1.82, 2.24) is 4.90 Å². The summed E-state index contributed by atoms with van der Waals surface area (Å²) in [6.07, 6.45) is 25.6. The van der Waals surface area contributed by atoms with Crippen LogP contribution in [-0.2, 0) is 0 Å². The van der Waals surface area contributed by atoms with Gasteiger partial charge in [-0.1, -0.05) is 96.5 Å². The predicted molar refractivity (Wildman–Crippen MR) is 117 cm³/mol. The van der Waals surface area contributed by atoms with Crippen LogP contribution in [0.4, 0.5) is 0 Å². The fourth-order valence-corrected chi connectivity index (χ4v) is 3.68. The summed E-state index contributed by atoms with van der Waals surface area (Å²) in [7, 11) is 0. The Bertz CT molecular complexity index is 374. The lowest BCUT2D eigenvalue weighted by atomic mass is 10.0. The molecule has 0 aromatic rings. The van der Waals surface area contributed by atoms with Crippen molar-refractivity contribution in [3.63, 3.8) is 0 Å². The highest BCUT2D eigenvalue weighted by atomic mass is 15.3. The highest BCUT2D eigenvalue weighted by Gasteiger charge is 2.16. The summed E-state index contributed by atoms with van der Waals surface area (Å²) in [6, 6.07) is 0. The summed E-state index contributed by atoms with van der Waals surface area (Å²) >= 11 is 0. The molecule has 1 aliphatic heterocycles. The summed E-state index contributed by atoms with van der Waals surface area (Å²) in [5, 5.41) is 0. The number of unbranched alkanes of at least 4 members (excludes halogenated alkanes) is 14. The predicted octanol–water partition coefficient (Wildman–Crippen LogP) is 6.43. The highest BCUT2D eigenvalue weighted by Crippen LogP contribution is 2.13. The number of hydrogen-bond donors (Lipinski definition) is 1. The van der Waals surface area contributed by atoms with Gasteiger partial charge in [-0.2, -0.15) is 0 Å². The first-order valence-corrected chi connectivity index (χ1v) is 11.5. The second-order valence-corrected chi connectivity index (χ2v) is 7.96. The molecule has 0 amide bonds. The van der Waals surface area contributed by atoms with Gasteiger partial charge in [0.15, 0.2) is 0 Å². The maximum Gasteiger partial charge on any atom is 0.124 e. The quantitative estimate of drug-likeness (QED) is 0.302. The second kappa shape index (κ2) is 16.4. The van der Waals surface area contributed by atoms with Gasteiger partial charge < -0.3 is 10.6 Å². The summed E-state index contributed by atoms with van der Waals surface area (Å²) in [5.41, 5.74) is 5.96. The average Bonchev–Trinajstić information content (AvgIpc) is 3.10. The van der Waals surface area contributed by atoms with E-state index < -0.39 is 0 Å².